The molecular weight excluding hydrogens is 250 g/mol. The SMILES string of the molecule is COC(=O)CC(=O)c1ccc(Br)nc1. The molecule has 0 N–H and O–H groups in total. The fourth-order valence-electron chi connectivity index (χ4n) is 0.846. The molecule has 0 radical (unpaired) electrons. The molecule has 0 atom stereocenters. The summed E-state index contributed by atoms with van der Waals surface area (Å²) in [5.41, 5.74) is 0.401. The summed E-state index contributed by atoms with van der Waals surface area (Å²) in [6, 6.07) is 3.24. The fourth-order valence-corrected chi connectivity index (χ4v) is 1.08. The first kappa shape index (κ1) is 10.8. The minimum Gasteiger partial charge on any atom is -0.469 e. The van der Waals surface area contributed by atoms with Crippen molar-refractivity contribution in [1.29, 1.82) is 0 Å². The number of ether oxygens (including phenoxy) is 1. The molecule has 4 nitrogen and oxygen atoms in total. The normalized spacial score (nSPS) is 9.57. The summed E-state index contributed by atoms with van der Waals surface area (Å²) in [6.45, 7) is 0. The van der Waals surface area contributed by atoms with Crippen LogP contribution in [0.25, 0.3) is 0 Å². The average molecular weight is 258 g/mol. The summed E-state index contributed by atoms with van der Waals surface area (Å²) in [7, 11) is 1.25. The van der Waals surface area contributed by atoms with Crippen molar-refractivity contribution in [2.24, 2.45) is 0 Å². The Morgan fingerprint density at radius 3 is 2.71 bits per heavy atom. The van der Waals surface area contributed by atoms with Gasteiger partial charge < -0.3 is 4.74 Å². The van der Waals surface area contributed by atoms with Crippen LogP contribution in [0, 0.1) is 0 Å². The van der Waals surface area contributed by atoms with Crippen LogP contribution >= 0.6 is 15.9 Å². The molecule has 14 heavy (non-hydrogen) atoms. The summed E-state index contributed by atoms with van der Waals surface area (Å²) < 4.78 is 5.02. The van der Waals surface area contributed by atoms with Crippen LogP contribution in [0.4, 0.5) is 0 Å². The quantitative estimate of drug-likeness (QED) is 0.357. The van der Waals surface area contributed by atoms with Gasteiger partial charge in [0.1, 0.15) is 11.0 Å². The zero-order valence-electron chi connectivity index (χ0n) is 7.49. The summed E-state index contributed by atoms with van der Waals surface area (Å²) in [5.74, 6) is -0.838. The van der Waals surface area contributed by atoms with Crippen LogP contribution in [0.1, 0.15) is 16.8 Å². The van der Waals surface area contributed by atoms with E-state index < -0.39 is 5.97 Å². The van der Waals surface area contributed by atoms with Crippen LogP contribution in [0.3, 0.4) is 0 Å². The van der Waals surface area contributed by atoms with Crippen LogP contribution in [-0.2, 0) is 9.53 Å². The fraction of sp³-hybridized carbons (Fsp3) is 0.222. The molecule has 0 fully saturated rings. The molecule has 0 aliphatic heterocycles. The maximum Gasteiger partial charge on any atom is 0.313 e. The summed E-state index contributed by atoms with van der Waals surface area (Å²) in [6.07, 6.45) is 1.16. The molecule has 0 spiro atoms. The van der Waals surface area contributed by atoms with Crippen molar-refractivity contribution in [3.8, 4) is 0 Å². The lowest BCUT2D eigenvalue weighted by atomic mass is 10.1. The number of Topliss-reactive ketones (excluding diaryl/α,β-unsaturated/α-hetero) is 1. The highest BCUT2D eigenvalue weighted by molar-refractivity contribution is 9.10. The molecule has 0 unspecified atom stereocenters. The van der Waals surface area contributed by atoms with Gasteiger partial charge in [-0.15, -0.1) is 0 Å². The van der Waals surface area contributed by atoms with Gasteiger partial charge in [0.2, 0.25) is 0 Å². The maximum absolute atomic E-state index is 11.4. The monoisotopic (exact) mass is 257 g/mol. The molecule has 5 heteroatoms. The van der Waals surface area contributed by atoms with E-state index in [4.69, 9.17) is 0 Å². The Kier molecular flexibility index (Phi) is 3.76. The first-order valence-corrected chi connectivity index (χ1v) is 4.64. The number of esters is 1. The molecule has 1 heterocycles. The summed E-state index contributed by atoms with van der Waals surface area (Å²) in [5, 5.41) is 0. The third-order valence-corrected chi connectivity index (χ3v) is 2.05. The van der Waals surface area contributed by atoms with E-state index in [1.807, 2.05) is 0 Å². The lowest BCUT2D eigenvalue weighted by Crippen LogP contribution is -2.09. The summed E-state index contributed by atoms with van der Waals surface area (Å²) in [4.78, 5) is 26.0. The molecule has 0 saturated heterocycles. The zero-order valence-corrected chi connectivity index (χ0v) is 9.08. The Morgan fingerprint density at radius 2 is 2.21 bits per heavy atom. The molecule has 0 aromatic carbocycles. The molecule has 0 amide bonds. The van der Waals surface area contributed by atoms with Crippen molar-refractivity contribution in [3.05, 3.63) is 28.5 Å². The molecule has 0 aliphatic carbocycles. The first-order valence-electron chi connectivity index (χ1n) is 3.85. The Morgan fingerprint density at radius 1 is 1.50 bits per heavy atom. The molecule has 1 aromatic heterocycles. The molecule has 74 valence electrons. The minimum absolute atomic E-state index is 0.250. The van der Waals surface area contributed by atoms with Gasteiger partial charge in [0.25, 0.3) is 0 Å². The van der Waals surface area contributed by atoms with Crippen molar-refractivity contribution >= 4 is 27.7 Å². The van der Waals surface area contributed by atoms with Gasteiger partial charge in [-0.05, 0) is 28.1 Å². The van der Waals surface area contributed by atoms with Crippen molar-refractivity contribution in [3.63, 3.8) is 0 Å². The van der Waals surface area contributed by atoms with Gasteiger partial charge in [0.05, 0.1) is 7.11 Å². The lowest BCUT2D eigenvalue weighted by Gasteiger charge is -1.99. The number of halogens is 1. The number of nitrogens with zero attached hydrogens (tertiary/aromatic N) is 1. The predicted octanol–water partition coefficient (Wildman–Crippen LogP) is 1.59. The number of methoxy groups -OCH3 is 1. The van der Waals surface area contributed by atoms with E-state index in [1.165, 1.54) is 13.3 Å². The van der Waals surface area contributed by atoms with Gasteiger partial charge in [-0.3, -0.25) is 9.59 Å². The molecular formula is C9H8BrNO3. The van der Waals surface area contributed by atoms with Crippen LogP contribution in [-0.4, -0.2) is 23.8 Å². The largest absolute Gasteiger partial charge is 0.469 e. The molecule has 0 saturated carbocycles. The molecule has 0 aliphatic rings. The molecule has 1 aromatic rings. The number of pyridine rings is 1. The third kappa shape index (κ3) is 2.92. The van der Waals surface area contributed by atoms with E-state index in [2.05, 4.69) is 25.7 Å². The Bertz CT molecular complexity index is 348. The van der Waals surface area contributed by atoms with Crippen molar-refractivity contribution < 1.29 is 14.3 Å². The zero-order chi connectivity index (χ0) is 10.6. The number of rotatable bonds is 3. The number of ketones is 1. The van der Waals surface area contributed by atoms with Gasteiger partial charge in [-0.1, -0.05) is 0 Å². The minimum atomic E-state index is -0.544. The van der Waals surface area contributed by atoms with Crippen LogP contribution in [0.15, 0.2) is 22.9 Å². The third-order valence-electron chi connectivity index (χ3n) is 1.58. The van der Waals surface area contributed by atoms with Gasteiger partial charge in [-0.25, -0.2) is 4.98 Å². The van der Waals surface area contributed by atoms with Gasteiger partial charge in [-0.2, -0.15) is 0 Å². The van der Waals surface area contributed by atoms with Gasteiger partial charge in [0.15, 0.2) is 5.78 Å². The van der Waals surface area contributed by atoms with Crippen molar-refractivity contribution in [2.75, 3.05) is 7.11 Å². The van der Waals surface area contributed by atoms with Gasteiger partial charge >= 0.3 is 5.97 Å². The van der Waals surface area contributed by atoms with E-state index >= 15 is 0 Å². The van der Waals surface area contributed by atoms with E-state index in [0.29, 0.717) is 10.2 Å². The topological polar surface area (TPSA) is 56.3 Å². The highest BCUT2D eigenvalue weighted by Crippen LogP contribution is 2.08. The number of carbonyl (C=O) groups excluding carboxylic acids is 2. The predicted molar refractivity (Wildman–Crippen MR) is 52.9 cm³/mol. The smallest absolute Gasteiger partial charge is 0.313 e. The van der Waals surface area contributed by atoms with E-state index in [0.717, 1.165) is 0 Å². The Balaban J connectivity index is 2.70. The van der Waals surface area contributed by atoms with Crippen molar-refractivity contribution in [1.82, 2.24) is 4.98 Å². The Labute approximate surface area is 89.4 Å². The molecule has 0 bridgehead atoms. The van der Waals surface area contributed by atoms with Crippen LogP contribution in [0.2, 0.25) is 0 Å². The highest BCUT2D eigenvalue weighted by atomic mass is 79.9. The number of hydrogen-bond donors (Lipinski definition) is 0. The standard InChI is InChI=1S/C9H8BrNO3/c1-14-9(13)4-7(12)6-2-3-8(10)11-5-6/h2-3,5H,4H2,1H3. The second-order valence-corrected chi connectivity index (χ2v) is 3.36. The van der Waals surface area contributed by atoms with Crippen LogP contribution in [0.5, 0.6) is 0 Å². The second kappa shape index (κ2) is 4.85. The van der Waals surface area contributed by atoms with Crippen LogP contribution < -0.4 is 0 Å². The molecule has 1 rings (SSSR count). The summed E-state index contributed by atoms with van der Waals surface area (Å²) >= 11 is 3.15. The number of aromatic nitrogens is 1. The van der Waals surface area contributed by atoms with Crippen molar-refractivity contribution in [2.45, 2.75) is 6.42 Å². The Hall–Kier alpha value is -1.23. The van der Waals surface area contributed by atoms with E-state index in [9.17, 15) is 9.59 Å². The lowest BCUT2D eigenvalue weighted by molar-refractivity contribution is -0.139. The van der Waals surface area contributed by atoms with E-state index in [-0.39, 0.29) is 12.2 Å². The van der Waals surface area contributed by atoms with Gasteiger partial charge in [0, 0.05) is 11.8 Å². The van der Waals surface area contributed by atoms with E-state index in [1.54, 1.807) is 12.1 Å². The maximum atomic E-state index is 11.4. The average Bonchev–Trinajstić information content (AvgIpc) is 2.18. The second-order valence-electron chi connectivity index (χ2n) is 2.55. The number of carbonyl (C=O) groups is 2. The number of hydrogen-bond acceptors (Lipinski definition) is 4. The first-order chi connectivity index (χ1) is 6.63. The highest BCUT2D eigenvalue weighted by Gasteiger charge is 2.11.